The van der Waals surface area contributed by atoms with Crippen molar-refractivity contribution in [2.75, 3.05) is 5.73 Å². The van der Waals surface area contributed by atoms with E-state index in [-0.39, 0.29) is 11.6 Å². The second kappa shape index (κ2) is 4.52. The highest BCUT2D eigenvalue weighted by Gasteiger charge is 2.32. The molecule has 18 heavy (non-hydrogen) atoms. The Balaban J connectivity index is 2.13. The molecule has 0 spiro atoms. The first-order valence-electron chi connectivity index (χ1n) is 4.88. The molecule has 0 aliphatic heterocycles. The highest BCUT2D eigenvalue weighted by atomic mass is 19.4. The van der Waals surface area contributed by atoms with Gasteiger partial charge in [-0.15, -0.1) is 0 Å². The van der Waals surface area contributed by atoms with Crippen LogP contribution in [0.1, 0.15) is 5.69 Å². The SMILES string of the molecule is Nc1ccc(Oc2ccc(C(F)(F)F)nc2)nc1. The van der Waals surface area contributed by atoms with Gasteiger partial charge in [0.05, 0.1) is 18.1 Å². The van der Waals surface area contributed by atoms with Gasteiger partial charge in [-0.2, -0.15) is 13.2 Å². The third kappa shape index (κ3) is 2.88. The first-order chi connectivity index (χ1) is 8.45. The molecule has 4 nitrogen and oxygen atoms in total. The van der Waals surface area contributed by atoms with Gasteiger partial charge in [0, 0.05) is 6.07 Å². The molecule has 2 heterocycles. The standard InChI is InChI=1S/C11H8F3N3O/c12-11(13,14)9-3-2-8(6-16-9)18-10-4-1-7(15)5-17-10/h1-6H,15H2. The fourth-order valence-corrected chi connectivity index (χ4v) is 1.18. The molecule has 0 fully saturated rings. The zero-order valence-electron chi connectivity index (χ0n) is 8.98. The molecule has 0 aliphatic carbocycles. The smallest absolute Gasteiger partial charge is 0.433 e. The lowest BCUT2D eigenvalue weighted by molar-refractivity contribution is -0.141. The lowest BCUT2D eigenvalue weighted by atomic mass is 10.3. The van der Waals surface area contributed by atoms with E-state index in [2.05, 4.69) is 9.97 Å². The average molecular weight is 255 g/mol. The first-order valence-corrected chi connectivity index (χ1v) is 4.88. The van der Waals surface area contributed by atoms with E-state index in [9.17, 15) is 13.2 Å². The maximum atomic E-state index is 12.3. The summed E-state index contributed by atoms with van der Waals surface area (Å²) < 4.78 is 42.0. The second-order valence-electron chi connectivity index (χ2n) is 3.41. The number of nitrogens with two attached hydrogens (primary N) is 1. The van der Waals surface area contributed by atoms with E-state index in [4.69, 9.17) is 10.5 Å². The van der Waals surface area contributed by atoms with Gasteiger partial charge in [-0.25, -0.2) is 9.97 Å². The van der Waals surface area contributed by atoms with E-state index in [1.165, 1.54) is 18.3 Å². The largest absolute Gasteiger partial charge is 0.437 e. The summed E-state index contributed by atoms with van der Waals surface area (Å²) in [4.78, 5) is 7.11. The molecule has 0 saturated carbocycles. The average Bonchev–Trinajstić information content (AvgIpc) is 2.32. The topological polar surface area (TPSA) is 61.0 Å². The quantitative estimate of drug-likeness (QED) is 0.896. The van der Waals surface area contributed by atoms with Crippen LogP contribution in [-0.4, -0.2) is 9.97 Å². The lowest BCUT2D eigenvalue weighted by Crippen LogP contribution is -2.07. The van der Waals surface area contributed by atoms with Crippen molar-refractivity contribution in [3.8, 4) is 11.6 Å². The number of alkyl halides is 3. The van der Waals surface area contributed by atoms with Gasteiger partial charge >= 0.3 is 6.18 Å². The van der Waals surface area contributed by atoms with E-state index >= 15 is 0 Å². The summed E-state index contributed by atoms with van der Waals surface area (Å²) in [6.07, 6.45) is -2.09. The zero-order chi connectivity index (χ0) is 13.2. The van der Waals surface area contributed by atoms with Crippen LogP contribution in [-0.2, 0) is 6.18 Å². The predicted octanol–water partition coefficient (Wildman–Crippen LogP) is 2.87. The minimum Gasteiger partial charge on any atom is -0.437 e. The van der Waals surface area contributed by atoms with E-state index in [1.807, 2.05) is 0 Å². The number of pyridine rings is 2. The molecule has 2 N–H and O–H groups in total. The van der Waals surface area contributed by atoms with Gasteiger partial charge in [0.15, 0.2) is 0 Å². The summed E-state index contributed by atoms with van der Waals surface area (Å²) in [6, 6.07) is 5.09. The lowest BCUT2D eigenvalue weighted by Gasteiger charge is -2.07. The number of hydrogen-bond acceptors (Lipinski definition) is 4. The van der Waals surface area contributed by atoms with Gasteiger partial charge < -0.3 is 10.5 Å². The van der Waals surface area contributed by atoms with E-state index in [1.54, 1.807) is 6.07 Å². The molecule has 0 aromatic carbocycles. The van der Waals surface area contributed by atoms with Crippen LogP contribution in [0.2, 0.25) is 0 Å². The summed E-state index contributed by atoms with van der Waals surface area (Å²) in [5.41, 5.74) is 4.93. The molecular weight excluding hydrogens is 247 g/mol. The molecule has 0 atom stereocenters. The molecule has 0 aliphatic rings. The number of aromatic nitrogens is 2. The Labute approximate surface area is 100 Å². The van der Waals surface area contributed by atoms with Crippen molar-refractivity contribution < 1.29 is 17.9 Å². The Bertz CT molecular complexity index is 523. The van der Waals surface area contributed by atoms with Crippen molar-refractivity contribution in [3.63, 3.8) is 0 Å². The Hall–Kier alpha value is -2.31. The van der Waals surface area contributed by atoms with Crippen molar-refractivity contribution in [1.82, 2.24) is 9.97 Å². The number of anilines is 1. The molecule has 7 heteroatoms. The molecule has 0 saturated heterocycles. The Kier molecular flexibility index (Phi) is 3.05. The second-order valence-corrected chi connectivity index (χ2v) is 3.41. The van der Waals surface area contributed by atoms with Crippen molar-refractivity contribution in [1.29, 1.82) is 0 Å². The van der Waals surface area contributed by atoms with Gasteiger partial charge in [-0.1, -0.05) is 0 Å². The fourth-order valence-electron chi connectivity index (χ4n) is 1.18. The van der Waals surface area contributed by atoms with E-state index < -0.39 is 11.9 Å². The number of halogens is 3. The molecule has 0 bridgehead atoms. The summed E-state index contributed by atoms with van der Waals surface area (Å²) in [5, 5.41) is 0. The minimum atomic E-state index is -4.46. The van der Waals surface area contributed by atoms with Gasteiger partial charge in [-0.3, -0.25) is 0 Å². The highest BCUT2D eigenvalue weighted by molar-refractivity contribution is 5.37. The van der Waals surface area contributed by atoms with Crippen LogP contribution < -0.4 is 10.5 Å². The van der Waals surface area contributed by atoms with Crippen molar-refractivity contribution in [2.45, 2.75) is 6.18 Å². The Morgan fingerprint density at radius 1 is 1.00 bits per heavy atom. The molecule has 2 aromatic rings. The molecule has 0 radical (unpaired) electrons. The molecule has 0 unspecified atom stereocenters. The predicted molar refractivity (Wildman–Crippen MR) is 58.0 cm³/mol. The highest BCUT2D eigenvalue weighted by Crippen LogP contribution is 2.29. The van der Waals surface area contributed by atoms with Crippen LogP contribution in [0.3, 0.4) is 0 Å². The minimum absolute atomic E-state index is 0.167. The summed E-state index contributed by atoms with van der Waals surface area (Å²) >= 11 is 0. The number of ether oxygens (including phenoxy) is 1. The molecule has 94 valence electrons. The van der Waals surface area contributed by atoms with Crippen LogP contribution in [0.4, 0.5) is 18.9 Å². The number of nitrogen functional groups attached to an aromatic ring is 1. The van der Waals surface area contributed by atoms with Gasteiger partial charge in [-0.05, 0) is 18.2 Å². The van der Waals surface area contributed by atoms with Crippen molar-refractivity contribution in [2.24, 2.45) is 0 Å². The van der Waals surface area contributed by atoms with Gasteiger partial charge in [0.1, 0.15) is 11.4 Å². The monoisotopic (exact) mass is 255 g/mol. The van der Waals surface area contributed by atoms with Crippen LogP contribution in [0, 0.1) is 0 Å². The van der Waals surface area contributed by atoms with Crippen LogP contribution in [0.5, 0.6) is 11.6 Å². The van der Waals surface area contributed by atoms with E-state index in [0.717, 1.165) is 12.3 Å². The number of nitrogens with zero attached hydrogens (tertiary/aromatic N) is 2. The summed E-state index contributed by atoms with van der Waals surface area (Å²) in [5.74, 6) is 0.394. The van der Waals surface area contributed by atoms with Gasteiger partial charge in [0.25, 0.3) is 0 Å². The van der Waals surface area contributed by atoms with Crippen LogP contribution in [0.15, 0.2) is 36.7 Å². The molecular formula is C11H8F3N3O. The van der Waals surface area contributed by atoms with E-state index in [0.29, 0.717) is 5.69 Å². The maximum Gasteiger partial charge on any atom is 0.433 e. The first kappa shape index (κ1) is 12.2. The Morgan fingerprint density at radius 2 is 1.78 bits per heavy atom. The fraction of sp³-hybridized carbons (Fsp3) is 0.0909. The van der Waals surface area contributed by atoms with Crippen molar-refractivity contribution in [3.05, 3.63) is 42.4 Å². The summed E-state index contributed by atoms with van der Waals surface area (Å²) in [6.45, 7) is 0. The third-order valence-electron chi connectivity index (χ3n) is 2.01. The Morgan fingerprint density at radius 3 is 2.28 bits per heavy atom. The maximum absolute atomic E-state index is 12.3. The van der Waals surface area contributed by atoms with Crippen molar-refractivity contribution >= 4 is 5.69 Å². The van der Waals surface area contributed by atoms with Gasteiger partial charge in [0.2, 0.25) is 5.88 Å². The third-order valence-corrected chi connectivity index (χ3v) is 2.01. The number of rotatable bonds is 2. The molecule has 2 rings (SSSR count). The number of hydrogen-bond donors (Lipinski definition) is 1. The van der Waals surface area contributed by atoms with Crippen LogP contribution in [0.25, 0.3) is 0 Å². The zero-order valence-corrected chi connectivity index (χ0v) is 8.98. The molecule has 2 aromatic heterocycles. The molecule has 0 amide bonds. The summed E-state index contributed by atoms with van der Waals surface area (Å²) in [7, 11) is 0. The van der Waals surface area contributed by atoms with Crippen LogP contribution >= 0.6 is 0 Å². The normalized spacial score (nSPS) is 11.3.